The van der Waals surface area contributed by atoms with E-state index in [1.165, 1.54) is 38.1 Å². The van der Waals surface area contributed by atoms with Gasteiger partial charge in [0.2, 0.25) is 0 Å². The summed E-state index contributed by atoms with van der Waals surface area (Å²) in [7, 11) is -3.53. The molecule has 0 fully saturated rings. The lowest BCUT2D eigenvalue weighted by Gasteiger charge is -2.09. The number of carbonyl (C=O) groups excluding carboxylic acids is 2. The molecule has 0 aliphatic rings. The SMILES string of the molecule is CCS(=O)(=O)c1ccccc1C(=O)Oc1ccc(C(C)=O)cc1. The lowest BCUT2D eigenvalue weighted by molar-refractivity contribution is 0.0730. The first-order valence-electron chi connectivity index (χ1n) is 7.00. The molecular weight excluding hydrogens is 316 g/mol. The number of benzene rings is 2. The molecule has 0 bridgehead atoms. The highest BCUT2D eigenvalue weighted by atomic mass is 32.2. The minimum atomic E-state index is -3.53. The smallest absolute Gasteiger partial charge is 0.344 e. The Hall–Kier alpha value is -2.47. The van der Waals surface area contributed by atoms with E-state index in [2.05, 4.69) is 0 Å². The van der Waals surface area contributed by atoms with Gasteiger partial charge < -0.3 is 4.74 Å². The first-order chi connectivity index (χ1) is 10.8. The molecule has 120 valence electrons. The average molecular weight is 332 g/mol. The first kappa shape index (κ1) is 16.9. The van der Waals surface area contributed by atoms with Crippen LogP contribution in [-0.4, -0.2) is 25.9 Å². The van der Waals surface area contributed by atoms with E-state index in [0.29, 0.717) is 5.56 Å². The summed E-state index contributed by atoms with van der Waals surface area (Å²) >= 11 is 0. The molecule has 2 aromatic carbocycles. The number of Topliss-reactive ketones (excluding diaryl/α,β-unsaturated/α-hetero) is 1. The third-order valence-electron chi connectivity index (χ3n) is 3.29. The van der Waals surface area contributed by atoms with Crippen LogP contribution in [0.3, 0.4) is 0 Å². The maximum Gasteiger partial charge on any atom is 0.344 e. The van der Waals surface area contributed by atoms with E-state index in [1.54, 1.807) is 24.3 Å². The van der Waals surface area contributed by atoms with Gasteiger partial charge in [0.05, 0.1) is 16.2 Å². The number of esters is 1. The quantitative estimate of drug-likeness (QED) is 0.478. The van der Waals surface area contributed by atoms with Crippen molar-refractivity contribution in [1.82, 2.24) is 0 Å². The van der Waals surface area contributed by atoms with Crippen molar-refractivity contribution in [2.45, 2.75) is 18.7 Å². The fraction of sp³-hybridized carbons (Fsp3) is 0.176. The zero-order chi connectivity index (χ0) is 17.0. The minimum absolute atomic E-state index is 0.00926. The Bertz CT molecular complexity index is 836. The van der Waals surface area contributed by atoms with Gasteiger partial charge in [-0.15, -0.1) is 0 Å². The van der Waals surface area contributed by atoms with Gasteiger partial charge in [0.25, 0.3) is 0 Å². The zero-order valence-corrected chi connectivity index (χ0v) is 13.6. The molecule has 0 heterocycles. The second-order valence-electron chi connectivity index (χ2n) is 4.87. The number of rotatable bonds is 5. The van der Waals surface area contributed by atoms with Crippen LogP contribution < -0.4 is 4.74 Å². The van der Waals surface area contributed by atoms with Crippen molar-refractivity contribution in [3.8, 4) is 5.75 Å². The second kappa shape index (κ2) is 6.75. The van der Waals surface area contributed by atoms with Gasteiger partial charge in [-0.2, -0.15) is 0 Å². The lowest BCUT2D eigenvalue weighted by Crippen LogP contribution is -2.15. The molecule has 0 aromatic heterocycles. The van der Waals surface area contributed by atoms with E-state index in [4.69, 9.17) is 4.74 Å². The summed E-state index contributed by atoms with van der Waals surface area (Å²) in [4.78, 5) is 23.4. The van der Waals surface area contributed by atoms with E-state index in [1.807, 2.05) is 0 Å². The molecule has 23 heavy (non-hydrogen) atoms. The standard InChI is InChI=1S/C17H16O5S/c1-3-23(20,21)16-7-5-4-6-15(16)17(19)22-14-10-8-13(9-11-14)12(2)18/h4-11H,3H2,1-2H3. The monoisotopic (exact) mass is 332 g/mol. The molecule has 2 aromatic rings. The summed E-state index contributed by atoms with van der Waals surface area (Å²) in [6.45, 7) is 2.95. The van der Waals surface area contributed by atoms with Crippen LogP contribution in [0.15, 0.2) is 53.4 Å². The number of ether oxygens (including phenoxy) is 1. The van der Waals surface area contributed by atoms with Crippen LogP contribution in [0.4, 0.5) is 0 Å². The Morgan fingerprint density at radius 3 is 2.17 bits per heavy atom. The van der Waals surface area contributed by atoms with Gasteiger partial charge in [0, 0.05) is 5.56 Å². The summed E-state index contributed by atoms with van der Waals surface area (Å²) in [5.41, 5.74) is 0.490. The van der Waals surface area contributed by atoms with Crippen molar-refractivity contribution in [2.24, 2.45) is 0 Å². The largest absolute Gasteiger partial charge is 0.423 e. The Morgan fingerprint density at radius 2 is 1.61 bits per heavy atom. The molecule has 6 heteroatoms. The van der Waals surface area contributed by atoms with Crippen LogP contribution >= 0.6 is 0 Å². The molecule has 0 amide bonds. The van der Waals surface area contributed by atoms with E-state index in [-0.39, 0.29) is 27.7 Å². The number of sulfone groups is 1. The highest BCUT2D eigenvalue weighted by Gasteiger charge is 2.21. The Kier molecular flexibility index (Phi) is 4.95. The predicted octanol–water partition coefficient (Wildman–Crippen LogP) is 2.90. The van der Waals surface area contributed by atoms with Crippen molar-refractivity contribution in [3.05, 3.63) is 59.7 Å². The van der Waals surface area contributed by atoms with Gasteiger partial charge in [0.15, 0.2) is 15.6 Å². The molecule has 0 radical (unpaired) electrons. The van der Waals surface area contributed by atoms with Crippen LogP contribution in [0.1, 0.15) is 34.6 Å². The van der Waals surface area contributed by atoms with Crippen molar-refractivity contribution >= 4 is 21.6 Å². The van der Waals surface area contributed by atoms with Crippen molar-refractivity contribution in [2.75, 3.05) is 5.75 Å². The molecule has 5 nitrogen and oxygen atoms in total. The summed E-state index contributed by atoms with van der Waals surface area (Å²) in [6, 6.07) is 12.0. The molecule has 0 aliphatic carbocycles. The molecule has 0 saturated carbocycles. The van der Waals surface area contributed by atoms with E-state index >= 15 is 0 Å². The van der Waals surface area contributed by atoms with E-state index in [0.717, 1.165) is 0 Å². The number of ketones is 1. The van der Waals surface area contributed by atoms with Gasteiger partial charge in [-0.1, -0.05) is 19.1 Å². The fourth-order valence-corrected chi connectivity index (χ4v) is 3.07. The average Bonchev–Trinajstić information content (AvgIpc) is 2.55. The maximum absolute atomic E-state index is 12.3. The molecular formula is C17H16O5S. The van der Waals surface area contributed by atoms with E-state index < -0.39 is 15.8 Å². The van der Waals surface area contributed by atoms with Crippen molar-refractivity contribution in [3.63, 3.8) is 0 Å². The second-order valence-corrected chi connectivity index (χ2v) is 7.12. The fourth-order valence-electron chi connectivity index (χ4n) is 1.98. The van der Waals surface area contributed by atoms with Crippen LogP contribution in [-0.2, 0) is 9.84 Å². The van der Waals surface area contributed by atoms with Crippen LogP contribution in [0.5, 0.6) is 5.75 Å². The molecule has 0 N–H and O–H groups in total. The van der Waals surface area contributed by atoms with Gasteiger partial charge in [0.1, 0.15) is 5.75 Å². The van der Waals surface area contributed by atoms with E-state index in [9.17, 15) is 18.0 Å². The van der Waals surface area contributed by atoms with Crippen molar-refractivity contribution < 1.29 is 22.7 Å². The van der Waals surface area contributed by atoms with Crippen molar-refractivity contribution in [1.29, 1.82) is 0 Å². The summed E-state index contributed by atoms with van der Waals surface area (Å²) in [5.74, 6) is -0.718. The van der Waals surface area contributed by atoms with Gasteiger partial charge in [-0.3, -0.25) is 4.79 Å². The third-order valence-corrected chi connectivity index (χ3v) is 5.08. The predicted molar refractivity (Wildman–Crippen MR) is 85.6 cm³/mol. The Labute approximate surface area is 134 Å². The topological polar surface area (TPSA) is 77.5 Å². The van der Waals surface area contributed by atoms with Gasteiger partial charge in [-0.25, -0.2) is 13.2 Å². The molecule has 0 spiro atoms. The minimum Gasteiger partial charge on any atom is -0.423 e. The highest BCUT2D eigenvalue weighted by molar-refractivity contribution is 7.91. The summed E-state index contributed by atoms with van der Waals surface area (Å²) < 4.78 is 29.3. The number of hydrogen-bond acceptors (Lipinski definition) is 5. The maximum atomic E-state index is 12.3. The van der Waals surface area contributed by atoms with Crippen LogP contribution in [0, 0.1) is 0 Å². The molecule has 2 rings (SSSR count). The molecule has 0 saturated heterocycles. The number of carbonyl (C=O) groups is 2. The normalized spacial score (nSPS) is 11.0. The third kappa shape index (κ3) is 3.84. The summed E-state index contributed by atoms with van der Waals surface area (Å²) in [6.07, 6.45) is 0. The van der Waals surface area contributed by atoms with Crippen LogP contribution in [0.2, 0.25) is 0 Å². The highest BCUT2D eigenvalue weighted by Crippen LogP contribution is 2.20. The molecule has 0 aliphatic heterocycles. The first-order valence-corrected chi connectivity index (χ1v) is 8.65. The zero-order valence-electron chi connectivity index (χ0n) is 12.8. The lowest BCUT2D eigenvalue weighted by atomic mass is 10.1. The molecule has 0 atom stereocenters. The number of hydrogen-bond donors (Lipinski definition) is 0. The van der Waals surface area contributed by atoms with Gasteiger partial charge >= 0.3 is 5.97 Å². The Balaban J connectivity index is 2.30. The van der Waals surface area contributed by atoms with Gasteiger partial charge in [-0.05, 0) is 43.3 Å². The molecule has 0 unspecified atom stereocenters. The summed E-state index contributed by atoms with van der Waals surface area (Å²) in [5, 5.41) is 0. The van der Waals surface area contributed by atoms with Crippen LogP contribution in [0.25, 0.3) is 0 Å². The Morgan fingerprint density at radius 1 is 1.00 bits per heavy atom.